The van der Waals surface area contributed by atoms with Crippen LogP contribution in [0.5, 0.6) is 0 Å². The monoisotopic (exact) mass is 265 g/mol. The Morgan fingerprint density at radius 2 is 2.06 bits per heavy atom. The molecule has 0 aliphatic heterocycles. The fraction of sp³-hybridized carbons (Fsp3) is 0.333. The molecule has 0 amide bonds. The third-order valence-electron chi connectivity index (χ3n) is 2.17. The van der Waals surface area contributed by atoms with Crippen LogP contribution in [0.1, 0.15) is 20.8 Å². The lowest BCUT2D eigenvalue weighted by Crippen LogP contribution is -2.26. The predicted octanol–water partition coefficient (Wildman–Crippen LogP) is 2.71. The Hall–Kier alpha value is -1.75. The van der Waals surface area contributed by atoms with Gasteiger partial charge in [-0.1, -0.05) is 17.7 Å². The van der Waals surface area contributed by atoms with Crippen LogP contribution in [-0.4, -0.2) is 20.3 Å². The quantitative estimate of drug-likeness (QED) is 0.876. The molecule has 2 aromatic rings. The molecule has 0 bridgehead atoms. The molecule has 0 aliphatic carbocycles. The Morgan fingerprint density at radius 3 is 2.67 bits per heavy atom. The minimum absolute atomic E-state index is 0.118. The van der Waals surface area contributed by atoms with Crippen LogP contribution < -0.4 is 11.1 Å². The molecule has 0 unspecified atom stereocenters. The molecule has 96 valence electrons. The second-order valence-corrected chi connectivity index (χ2v) is 5.50. The Labute approximate surface area is 111 Å². The van der Waals surface area contributed by atoms with Gasteiger partial charge in [0.15, 0.2) is 0 Å². The van der Waals surface area contributed by atoms with Crippen molar-refractivity contribution in [1.82, 2.24) is 14.8 Å². The van der Waals surface area contributed by atoms with Crippen LogP contribution >= 0.6 is 11.6 Å². The van der Waals surface area contributed by atoms with Crippen molar-refractivity contribution >= 4 is 23.5 Å². The summed E-state index contributed by atoms with van der Waals surface area (Å²) >= 11 is 5.94. The second kappa shape index (κ2) is 4.49. The predicted molar refractivity (Wildman–Crippen MR) is 74.2 cm³/mol. The second-order valence-electron chi connectivity index (χ2n) is 5.06. The van der Waals surface area contributed by atoms with Crippen LogP contribution in [0.25, 0.3) is 5.69 Å². The molecule has 0 atom stereocenters. The van der Waals surface area contributed by atoms with E-state index in [0.29, 0.717) is 16.9 Å². The number of aromatic nitrogens is 3. The zero-order valence-electron chi connectivity index (χ0n) is 10.6. The third-order valence-corrected chi connectivity index (χ3v) is 2.41. The molecule has 5 nitrogen and oxygen atoms in total. The van der Waals surface area contributed by atoms with Gasteiger partial charge in [0.05, 0.1) is 5.69 Å². The van der Waals surface area contributed by atoms with E-state index in [2.05, 4.69) is 15.4 Å². The van der Waals surface area contributed by atoms with E-state index in [1.165, 1.54) is 0 Å². The minimum atomic E-state index is -0.118. The summed E-state index contributed by atoms with van der Waals surface area (Å²) in [4.78, 5) is 4.18. The van der Waals surface area contributed by atoms with E-state index in [0.717, 1.165) is 5.69 Å². The van der Waals surface area contributed by atoms with Crippen molar-refractivity contribution in [2.75, 3.05) is 11.1 Å². The highest BCUT2D eigenvalue weighted by molar-refractivity contribution is 6.30. The van der Waals surface area contributed by atoms with E-state index >= 15 is 0 Å². The van der Waals surface area contributed by atoms with Crippen LogP contribution in [0.4, 0.5) is 11.9 Å². The van der Waals surface area contributed by atoms with E-state index in [1.54, 1.807) is 16.8 Å². The van der Waals surface area contributed by atoms with Crippen molar-refractivity contribution < 1.29 is 0 Å². The first-order chi connectivity index (χ1) is 8.35. The maximum absolute atomic E-state index is 5.94. The molecule has 6 heteroatoms. The van der Waals surface area contributed by atoms with E-state index < -0.39 is 0 Å². The first kappa shape index (κ1) is 12.7. The largest absolute Gasteiger partial charge is 0.368 e. The summed E-state index contributed by atoms with van der Waals surface area (Å²) in [6.45, 7) is 6.09. The first-order valence-electron chi connectivity index (χ1n) is 5.62. The van der Waals surface area contributed by atoms with Crippen LogP contribution in [0.15, 0.2) is 24.3 Å². The van der Waals surface area contributed by atoms with Gasteiger partial charge in [0.1, 0.15) is 0 Å². The van der Waals surface area contributed by atoms with Crippen LogP contribution in [0.2, 0.25) is 5.02 Å². The topological polar surface area (TPSA) is 68.8 Å². The summed E-state index contributed by atoms with van der Waals surface area (Å²) < 4.78 is 1.56. The van der Waals surface area contributed by atoms with Gasteiger partial charge in [0.2, 0.25) is 11.9 Å². The highest BCUT2D eigenvalue weighted by atomic mass is 35.5. The molecule has 1 heterocycles. The average molecular weight is 266 g/mol. The summed E-state index contributed by atoms with van der Waals surface area (Å²) in [6, 6.07) is 7.30. The Morgan fingerprint density at radius 1 is 1.33 bits per heavy atom. The lowest BCUT2D eigenvalue weighted by molar-refractivity contribution is 0.625. The Bertz CT molecular complexity index is 556. The zero-order valence-corrected chi connectivity index (χ0v) is 11.4. The van der Waals surface area contributed by atoms with Crippen molar-refractivity contribution in [2.45, 2.75) is 26.3 Å². The van der Waals surface area contributed by atoms with Gasteiger partial charge >= 0.3 is 0 Å². The van der Waals surface area contributed by atoms with E-state index in [4.69, 9.17) is 17.3 Å². The third kappa shape index (κ3) is 2.92. The van der Waals surface area contributed by atoms with Crippen molar-refractivity contribution in [2.24, 2.45) is 0 Å². The fourth-order valence-electron chi connectivity index (χ4n) is 1.51. The van der Waals surface area contributed by atoms with Gasteiger partial charge in [-0.05, 0) is 39.0 Å². The van der Waals surface area contributed by atoms with Crippen LogP contribution in [0.3, 0.4) is 0 Å². The van der Waals surface area contributed by atoms with Gasteiger partial charge in [0, 0.05) is 10.6 Å². The normalized spacial score (nSPS) is 11.6. The van der Waals surface area contributed by atoms with Crippen LogP contribution in [0, 0.1) is 0 Å². The molecule has 2 rings (SSSR count). The molecule has 3 N–H and O–H groups in total. The van der Waals surface area contributed by atoms with Gasteiger partial charge in [-0.3, -0.25) is 0 Å². The minimum Gasteiger partial charge on any atom is -0.368 e. The molecule has 0 spiro atoms. The lowest BCUT2D eigenvalue weighted by atomic mass is 10.1. The van der Waals surface area contributed by atoms with Crippen LogP contribution in [-0.2, 0) is 0 Å². The van der Waals surface area contributed by atoms with Crippen molar-refractivity contribution in [1.29, 1.82) is 0 Å². The number of benzene rings is 1. The van der Waals surface area contributed by atoms with Crippen molar-refractivity contribution in [3.05, 3.63) is 29.3 Å². The summed E-state index contributed by atoms with van der Waals surface area (Å²) in [7, 11) is 0. The number of nitrogens with two attached hydrogens (primary N) is 1. The van der Waals surface area contributed by atoms with Gasteiger partial charge in [-0.2, -0.15) is 9.67 Å². The van der Waals surface area contributed by atoms with Gasteiger partial charge < -0.3 is 11.1 Å². The van der Waals surface area contributed by atoms with Gasteiger partial charge in [-0.15, -0.1) is 5.10 Å². The van der Waals surface area contributed by atoms with Crippen molar-refractivity contribution in [3.8, 4) is 5.69 Å². The maximum Gasteiger partial charge on any atom is 0.244 e. The van der Waals surface area contributed by atoms with Gasteiger partial charge in [0.25, 0.3) is 0 Å². The number of hydrogen-bond donors (Lipinski definition) is 2. The molecular weight excluding hydrogens is 250 g/mol. The average Bonchev–Trinajstić information content (AvgIpc) is 2.56. The molecule has 0 saturated heterocycles. The number of nitrogen functional groups attached to an aromatic ring is 1. The van der Waals surface area contributed by atoms with Gasteiger partial charge in [-0.25, -0.2) is 0 Å². The molecule has 0 saturated carbocycles. The number of nitrogens with one attached hydrogen (secondary N) is 1. The Balaban J connectivity index is 2.35. The van der Waals surface area contributed by atoms with E-state index in [1.807, 2.05) is 32.9 Å². The maximum atomic E-state index is 5.94. The van der Waals surface area contributed by atoms with E-state index in [9.17, 15) is 0 Å². The standard InChI is InChI=1S/C12H16ClN5/c1-12(2,3)16-11-15-10(14)18(17-11)9-6-4-5-8(13)7-9/h4-7H,1-3H3,(H3,14,15,16,17). The molecular formula is C12H16ClN5. The molecule has 0 fully saturated rings. The molecule has 0 aliphatic rings. The highest BCUT2D eigenvalue weighted by Crippen LogP contribution is 2.19. The number of rotatable bonds is 2. The summed E-state index contributed by atoms with van der Waals surface area (Å²) in [5.41, 5.74) is 6.52. The molecule has 1 aromatic heterocycles. The van der Waals surface area contributed by atoms with E-state index in [-0.39, 0.29) is 5.54 Å². The SMILES string of the molecule is CC(C)(C)Nc1nc(N)n(-c2cccc(Cl)c2)n1. The Kier molecular flexibility index (Phi) is 3.17. The molecule has 1 aromatic carbocycles. The zero-order chi connectivity index (χ0) is 13.3. The molecule has 18 heavy (non-hydrogen) atoms. The summed E-state index contributed by atoms with van der Waals surface area (Å²) in [5, 5.41) is 8.12. The number of hydrogen-bond acceptors (Lipinski definition) is 4. The summed E-state index contributed by atoms with van der Waals surface area (Å²) in [5.74, 6) is 0.823. The van der Waals surface area contributed by atoms with Crippen molar-refractivity contribution in [3.63, 3.8) is 0 Å². The fourth-order valence-corrected chi connectivity index (χ4v) is 1.69. The smallest absolute Gasteiger partial charge is 0.244 e. The highest BCUT2D eigenvalue weighted by Gasteiger charge is 2.15. The first-order valence-corrected chi connectivity index (χ1v) is 6.00. The lowest BCUT2D eigenvalue weighted by Gasteiger charge is -2.18. The summed E-state index contributed by atoms with van der Waals surface area (Å²) in [6.07, 6.45) is 0. The number of halogens is 1. The molecule has 0 radical (unpaired) electrons. The number of nitrogens with zero attached hydrogens (tertiary/aromatic N) is 3. The number of anilines is 2.